The molecule has 30 heteroatoms. The fourth-order valence-electron chi connectivity index (χ4n) is 3.23. The molecule has 80 heavy (non-hydrogen) atoms. The van der Waals surface area contributed by atoms with E-state index in [1.54, 1.807) is 163 Å². The zero-order valence-electron chi connectivity index (χ0n) is 42.3. The second-order valence-corrected chi connectivity index (χ2v) is 14.0. The van der Waals surface area contributed by atoms with Gasteiger partial charge in [-0.1, -0.05) is 18.2 Å². The highest BCUT2D eigenvalue weighted by Crippen LogP contribution is 1.91. The Morgan fingerprint density at radius 3 is 1.09 bits per heavy atom. The minimum Gasteiger partial charge on any atom is -0.473 e. The zero-order valence-corrected chi connectivity index (χ0v) is 44.7. The van der Waals surface area contributed by atoms with Crippen molar-refractivity contribution in [1.29, 1.82) is 0 Å². The van der Waals surface area contributed by atoms with Gasteiger partial charge in [-0.05, 0) is 71.4 Å². The molecule has 410 valence electrons. The molecule has 0 radical (unpaired) electrons. The largest absolute Gasteiger partial charge is 0.473 e. The molecular formula is C50H54N24O3S3. The van der Waals surface area contributed by atoms with E-state index in [1.807, 2.05) is 101 Å². The maximum absolute atomic E-state index is 4.58. The molecule has 0 fully saturated rings. The topological polar surface area (TPSA) is 360 Å². The summed E-state index contributed by atoms with van der Waals surface area (Å²) in [7, 11) is 0. The van der Waals surface area contributed by atoms with Crippen LogP contribution in [0.25, 0.3) is 0 Å². The summed E-state index contributed by atoms with van der Waals surface area (Å²) in [4.78, 5) is 49.4. The molecule has 0 aliphatic rings. The third-order valence-corrected chi connectivity index (χ3v) is 7.74. The van der Waals surface area contributed by atoms with Crippen LogP contribution in [0, 0.1) is 0 Å². The Balaban J connectivity index is 0.000000429. The number of pyridine rings is 1. The number of thiophene rings is 1. The molecule has 0 aliphatic carbocycles. The van der Waals surface area contributed by atoms with Crippen molar-refractivity contribution in [2.75, 3.05) is 0 Å². The normalized spacial score (nSPS) is 8.00. The molecule has 0 bridgehead atoms. The lowest BCUT2D eigenvalue weighted by molar-refractivity contribution is 0.553. The van der Waals surface area contributed by atoms with E-state index in [0.717, 1.165) is 0 Å². The molecule has 0 aromatic carbocycles. The van der Waals surface area contributed by atoms with E-state index in [0.29, 0.717) is 0 Å². The number of rotatable bonds is 0. The summed E-state index contributed by atoms with van der Waals surface area (Å²) in [6.07, 6.45) is 49.8. The van der Waals surface area contributed by atoms with Crippen LogP contribution in [0.15, 0.2) is 319 Å². The van der Waals surface area contributed by atoms with Crippen molar-refractivity contribution in [2.45, 2.75) is 0 Å². The lowest BCUT2D eigenvalue weighted by Gasteiger charge is -1.70. The average molecular weight is 1140 g/mol. The van der Waals surface area contributed by atoms with Gasteiger partial charge >= 0.3 is 0 Å². The van der Waals surface area contributed by atoms with Gasteiger partial charge in [-0.3, -0.25) is 30.1 Å². The Morgan fingerprint density at radius 2 is 0.900 bits per heavy atom. The quantitative estimate of drug-likeness (QED) is 0.110. The average Bonchev–Trinajstić information content (AvgIpc) is 4.41. The molecule has 0 saturated heterocycles. The number of nitrogens with one attached hydrogen (secondary N) is 4. The third kappa shape index (κ3) is 61.1. The fraction of sp³-hybridized carbons (Fsp3) is 0. The molecule has 0 atom stereocenters. The van der Waals surface area contributed by atoms with Gasteiger partial charge in [-0.25, -0.2) is 39.9 Å². The molecule has 0 saturated carbocycles. The lowest BCUT2D eigenvalue weighted by atomic mass is 10.5. The second-order valence-electron chi connectivity index (χ2n) is 11.7. The summed E-state index contributed by atoms with van der Waals surface area (Å²) < 4.78 is 13.4. The molecule has 4 N–H and O–H groups in total. The summed E-state index contributed by atoms with van der Waals surface area (Å²) in [6, 6.07) is 24.6. The number of aromatic nitrogens is 24. The highest BCUT2D eigenvalue weighted by molar-refractivity contribution is 7.08. The molecule has 0 unspecified atom stereocenters. The summed E-state index contributed by atoms with van der Waals surface area (Å²) in [5.74, 6) is 0. The van der Waals surface area contributed by atoms with Crippen molar-refractivity contribution < 1.29 is 13.3 Å². The molecule has 15 rings (SSSR count). The Morgan fingerprint density at radius 1 is 0.263 bits per heavy atom. The molecule has 15 aromatic rings. The number of imidazole rings is 1. The first-order valence-corrected chi connectivity index (χ1v) is 25.0. The van der Waals surface area contributed by atoms with Gasteiger partial charge in [0.2, 0.25) is 12.8 Å². The van der Waals surface area contributed by atoms with E-state index < -0.39 is 0 Å². The predicted octanol–water partition coefficient (Wildman–Crippen LogP) is 9.47. The van der Waals surface area contributed by atoms with Crippen molar-refractivity contribution in [1.82, 2.24) is 121 Å². The maximum Gasteiger partial charge on any atom is 0.203 e. The number of nitrogens with zero attached hydrogens (tertiary/aromatic N) is 20. The third-order valence-electron chi connectivity index (χ3n) is 6.15. The number of H-pyrrole nitrogens is 4. The number of hydrogen-bond acceptors (Lipinski definition) is 26. The molecule has 0 spiro atoms. The Kier molecular flexibility index (Phi) is 53.3. The number of oxazole rings is 1. The van der Waals surface area contributed by atoms with Crippen LogP contribution in [0.4, 0.5) is 0 Å². The first-order valence-electron chi connectivity index (χ1n) is 22.2. The van der Waals surface area contributed by atoms with E-state index in [4.69, 9.17) is 0 Å². The van der Waals surface area contributed by atoms with Gasteiger partial charge in [0.15, 0.2) is 6.39 Å². The molecule has 0 aliphatic heterocycles. The molecule has 15 heterocycles. The molecule has 0 amide bonds. The number of furan rings is 1. The van der Waals surface area contributed by atoms with Gasteiger partial charge in [0.05, 0.1) is 30.6 Å². The standard InChI is InChI=1S/C5H5N.3C4H4N2.C4H5N.C4H4O.C4H4S.C3H3N3.2C3H4N2.C3H3NO.C3H3NS.C2H3N3.C2H2N2O.C2H2N2S/c1-2-4-6-5-3-1;1-2-6-4-3-5-1;1-2-5-4-6-3-1;1-2-4-6-5-3-1;3*1-2-4-5-3-1;1-4-2-6-3-5-1;1-2-5-3-4-1;1-2-4-5-3-1;2*1-2-5-3-4-1;1-3-2-5-4-1;2*1-3-4-2-5-1/h1-5H;3*1-4H;1-5H;2*1-4H;1-3H;2*1-3H,(H,4,5);2*1-3H;1-2H,(H,3,4,5);2*1-2H. The first-order chi connectivity index (χ1) is 40.0. The Bertz CT molecular complexity index is 2050. The van der Waals surface area contributed by atoms with Crippen molar-refractivity contribution in [3.05, 3.63) is 305 Å². The lowest BCUT2D eigenvalue weighted by Crippen LogP contribution is -1.73. The van der Waals surface area contributed by atoms with E-state index in [1.165, 1.54) is 74.7 Å². The summed E-state index contributed by atoms with van der Waals surface area (Å²) in [5.41, 5.74) is 5.15. The van der Waals surface area contributed by atoms with Crippen LogP contribution in [-0.2, 0) is 0 Å². The Hall–Kier alpha value is -11.2. The zero-order chi connectivity index (χ0) is 56.6. The van der Waals surface area contributed by atoms with E-state index in [9.17, 15) is 0 Å². The summed E-state index contributed by atoms with van der Waals surface area (Å²) >= 11 is 4.81. The summed E-state index contributed by atoms with van der Waals surface area (Å²) in [5, 5.41) is 38.9. The summed E-state index contributed by atoms with van der Waals surface area (Å²) in [6.45, 7) is 0. The first kappa shape index (κ1) is 66.8. The highest BCUT2D eigenvalue weighted by Gasteiger charge is 1.66. The highest BCUT2D eigenvalue weighted by atomic mass is 32.1. The van der Waals surface area contributed by atoms with Crippen LogP contribution in [0.2, 0.25) is 0 Å². The Labute approximate surface area is 471 Å². The van der Waals surface area contributed by atoms with Crippen LogP contribution >= 0.6 is 34.0 Å². The van der Waals surface area contributed by atoms with E-state index in [2.05, 4.69) is 134 Å². The maximum atomic E-state index is 4.58. The number of hydrogen-bond donors (Lipinski definition) is 4. The minimum atomic E-state index is 1.26. The van der Waals surface area contributed by atoms with Gasteiger partial charge < -0.3 is 23.2 Å². The monoisotopic (exact) mass is 1130 g/mol. The smallest absolute Gasteiger partial charge is 0.203 e. The van der Waals surface area contributed by atoms with Gasteiger partial charge in [0.25, 0.3) is 0 Å². The number of thiazole rings is 1. The van der Waals surface area contributed by atoms with Crippen LogP contribution < -0.4 is 0 Å². The van der Waals surface area contributed by atoms with Crippen LogP contribution in [0.1, 0.15) is 0 Å². The SMILES string of the molecule is c1c[nH]cn1.c1cc[nH]c1.c1ccncc1.c1ccnnc1.c1ccoc1.c1ccsc1.c1cn[nH]c1.c1cnccn1.c1cncnc1.c1cocn1.c1cscn1.c1nc[nH]n1.c1ncncn1.c1nnco1.c1nncs1. The predicted molar refractivity (Wildman–Crippen MR) is 300 cm³/mol. The number of aromatic amines is 4. The minimum absolute atomic E-state index is 1.26. The molecular weight excluding hydrogens is 1080 g/mol. The van der Waals surface area contributed by atoms with Crippen LogP contribution in [0.5, 0.6) is 0 Å². The van der Waals surface area contributed by atoms with Gasteiger partial charge in [-0.2, -0.15) is 31.7 Å². The van der Waals surface area contributed by atoms with Crippen molar-refractivity contribution in [3.63, 3.8) is 0 Å². The fourth-order valence-corrected chi connectivity index (χ4v) is 4.31. The van der Waals surface area contributed by atoms with Crippen LogP contribution in [-0.4, -0.2) is 121 Å². The van der Waals surface area contributed by atoms with E-state index in [-0.39, 0.29) is 0 Å². The van der Waals surface area contributed by atoms with Crippen molar-refractivity contribution in [3.8, 4) is 0 Å². The van der Waals surface area contributed by atoms with Gasteiger partial charge in [0, 0.05) is 111 Å². The molecule has 15 aromatic heterocycles. The molecule has 27 nitrogen and oxygen atoms in total. The van der Waals surface area contributed by atoms with Crippen molar-refractivity contribution in [2.24, 2.45) is 0 Å². The van der Waals surface area contributed by atoms with E-state index >= 15 is 0 Å². The second kappa shape index (κ2) is 63.9. The van der Waals surface area contributed by atoms with Crippen molar-refractivity contribution >= 4 is 34.0 Å². The van der Waals surface area contributed by atoms with Gasteiger partial charge in [0.1, 0.15) is 55.2 Å². The van der Waals surface area contributed by atoms with Crippen LogP contribution in [0.3, 0.4) is 0 Å². The van der Waals surface area contributed by atoms with Gasteiger partial charge in [-0.15, -0.1) is 43.1 Å².